The number of rotatable bonds is 5. The lowest BCUT2D eigenvalue weighted by atomic mass is 9.76. The minimum absolute atomic E-state index is 0.0556. The fraction of sp³-hybridized carbons (Fsp3) is 0.429. The van der Waals surface area contributed by atoms with Gasteiger partial charge in [0.2, 0.25) is 5.91 Å². The molecule has 7 nitrogen and oxygen atoms in total. The van der Waals surface area contributed by atoms with Crippen LogP contribution in [0.2, 0.25) is 0 Å². The Balaban J connectivity index is 1.27. The summed E-state index contributed by atoms with van der Waals surface area (Å²) in [7, 11) is 0. The number of pyridine rings is 1. The summed E-state index contributed by atoms with van der Waals surface area (Å²) in [4.78, 5) is 50.2. The van der Waals surface area contributed by atoms with E-state index in [4.69, 9.17) is 0 Å². The molecule has 3 aromatic rings. The van der Waals surface area contributed by atoms with Crippen LogP contribution < -0.4 is 0 Å². The van der Waals surface area contributed by atoms with E-state index in [1.54, 1.807) is 15.9 Å². The molecule has 10 heteroatoms. The molecule has 200 valence electrons. The van der Waals surface area contributed by atoms with Crippen LogP contribution in [0.4, 0.5) is 13.2 Å². The standard InChI is InChI=1S/C28H29F3N4O3/c1-27(2,3)20(12-24(36)23-10-16-6-4-5-7-21(16)33-23)25(37)34-14-19-11-18(34)15-35(19)26(38)22-9-8-17(13-32-22)28(29,30)31/h4-10,13,18-20,33H,11-12,14-15H2,1-3H3/t18-,19-,20+/m0/s1. The summed E-state index contributed by atoms with van der Waals surface area (Å²) in [5.74, 6) is -1.25. The van der Waals surface area contributed by atoms with Crippen LogP contribution in [-0.2, 0) is 11.0 Å². The average Bonchev–Trinajstić information content (AvgIpc) is 3.59. The van der Waals surface area contributed by atoms with Crippen LogP contribution >= 0.6 is 0 Å². The number of Topliss-reactive ketones (excluding diaryl/α,β-unsaturated/α-hetero) is 1. The lowest BCUT2D eigenvalue weighted by molar-refractivity contribution is -0.141. The predicted molar refractivity (Wildman–Crippen MR) is 134 cm³/mol. The summed E-state index contributed by atoms with van der Waals surface area (Å²) in [5, 5.41) is 0.929. The molecule has 0 radical (unpaired) electrons. The minimum atomic E-state index is -4.53. The number of likely N-dealkylation sites (tertiary alicyclic amines) is 2. The number of H-pyrrole nitrogens is 1. The quantitative estimate of drug-likeness (QED) is 0.477. The summed E-state index contributed by atoms with van der Waals surface area (Å²) in [5.41, 5.74) is -0.111. The zero-order chi connectivity index (χ0) is 27.4. The van der Waals surface area contributed by atoms with Crippen LogP contribution in [0, 0.1) is 11.3 Å². The first-order chi connectivity index (χ1) is 17.8. The van der Waals surface area contributed by atoms with Crippen molar-refractivity contribution in [2.24, 2.45) is 11.3 Å². The molecule has 2 aliphatic heterocycles. The first-order valence-corrected chi connectivity index (χ1v) is 12.6. The molecule has 2 amide bonds. The highest BCUT2D eigenvalue weighted by molar-refractivity contribution is 6.01. The van der Waals surface area contributed by atoms with Gasteiger partial charge in [-0.15, -0.1) is 0 Å². The Morgan fingerprint density at radius 2 is 1.71 bits per heavy atom. The lowest BCUT2D eigenvalue weighted by Crippen LogP contribution is -2.53. The van der Waals surface area contributed by atoms with Crippen molar-refractivity contribution in [2.45, 2.75) is 51.9 Å². The van der Waals surface area contributed by atoms with Crippen molar-refractivity contribution in [3.05, 3.63) is 65.6 Å². The number of aromatic nitrogens is 2. The van der Waals surface area contributed by atoms with Crippen LogP contribution in [0.5, 0.6) is 0 Å². The molecule has 2 saturated heterocycles. The largest absolute Gasteiger partial charge is 0.417 e. The molecule has 2 bridgehead atoms. The highest BCUT2D eigenvalue weighted by atomic mass is 19.4. The normalized spacial score (nSPS) is 20.3. The summed E-state index contributed by atoms with van der Waals surface area (Å²) in [6, 6.07) is 10.9. The SMILES string of the molecule is CC(C)(C)[C@H](CC(=O)c1cc2ccccc2[nH]1)C(=O)N1C[C@@H]2C[C@H]1CN2C(=O)c1ccc(C(F)(F)F)cn1. The van der Waals surface area contributed by atoms with Gasteiger partial charge >= 0.3 is 6.18 Å². The zero-order valence-electron chi connectivity index (χ0n) is 21.4. The van der Waals surface area contributed by atoms with Gasteiger partial charge < -0.3 is 14.8 Å². The van der Waals surface area contributed by atoms with Crippen molar-refractivity contribution in [3.63, 3.8) is 0 Å². The maximum atomic E-state index is 13.7. The van der Waals surface area contributed by atoms with Crippen molar-refractivity contribution in [2.75, 3.05) is 13.1 Å². The molecule has 0 unspecified atom stereocenters. The first kappa shape index (κ1) is 25.9. The van der Waals surface area contributed by atoms with E-state index in [1.165, 1.54) is 0 Å². The van der Waals surface area contributed by atoms with Gasteiger partial charge in [0.1, 0.15) is 5.69 Å². The number of halogens is 3. The van der Waals surface area contributed by atoms with E-state index in [-0.39, 0.29) is 42.4 Å². The van der Waals surface area contributed by atoms with Gasteiger partial charge in [0, 0.05) is 36.6 Å². The molecule has 0 aliphatic carbocycles. The highest BCUT2D eigenvalue weighted by Crippen LogP contribution is 2.38. The number of benzene rings is 1. The third kappa shape index (κ3) is 4.79. The van der Waals surface area contributed by atoms with Gasteiger partial charge in [0.05, 0.1) is 29.3 Å². The summed E-state index contributed by atoms with van der Waals surface area (Å²) >= 11 is 0. The third-order valence-electron chi connectivity index (χ3n) is 7.66. The maximum absolute atomic E-state index is 13.7. The molecular weight excluding hydrogens is 497 g/mol. The van der Waals surface area contributed by atoms with E-state index in [9.17, 15) is 27.6 Å². The van der Waals surface area contributed by atoms with Gasteiger partial charge in [-0.3, -0.25) is 19.4 Å². The molecule has 3 atom stereocenters. The number of carbonyl (C=O) groups is 3. The summed E-state index contributed by atoms with van der Waals surface area (Å²) in [6.07, 6.45) is -3.22. The van der Waals surface area contributed by atoms with Crippen LogP contribution in [0.15, 0.2) is 48.7 Å². The Kier molecular flexibility index (Phi) is 6.31. The fourth-order valence-electron chi connectivity index (χ4n) is 5.50. The van der Waals surface area contributed by atoms with E-state index in [2.05, 4.69) is 9.97 Å². The van der Waals surface area contributed by atoms with Gasteiger partial charge in [-0.25, -0.2) is 0 Å². The van der Waals surface area contributed by atoms with E-state index in [1.807, 2.05) is 45.0 Å². The second-order valence-corrected chi connectivity index (χ2v) is 11.2. The number of amides is 2. The number of fused-ring (bicyclic) bond motifs is 3. The van der Waals surface area contributed by atoms with Crippen LogP contribution in [0.1, 0.15) is 60.2 Å². The number of aromatic amines is 1. The lowest BCUT2D eigenvalue weighted by Gasteiger charge is -2.39. The number of ketones is 1. The molecule has 5 rings (SSSR count). The van der Waals surface area contributed by atoms with Crippen molar-refractivity contribution in [1.82, 2.24) is 19.8 Å². The molecule has 1 N–H and O–H groups in total. The monoisotopic (exact) mass is 526 g/mol. The Bertz CT molecular complexity index is 1360. The summed E-state index contributed by atoms with van der Waals surface area (Å²) in [6.45, 7) is 6.42. The molecular formula is C28H29F3N4O3. The van der Waals surface area contributed by atoms with Crippen molar-refractivity contribution < 1.29 is 27.6 Å². The predicted octanol–water partition coefficient (Wildman–Crippen LogP) is 4.94. The van der Waals surface area contributed by atoms with Crippen LogP contribution in [0.3, 0.4) is 0 Å². The van der Waals surface area contributed by atoms with Gasteiger partial charge in [0.15, 0.2) is 5.78 Å². The molecule has 38 heavy (non-hydrogen) atoms. The molecule has 2 aliphatic rings. The number of piperazine rings is 1. The Morgan fingerprint density at radius 3 is 2.29 bits per heavy atom. The van der Waals surface area contributed by atoms with Crippen LogP contribution in [0.25, 0.3) is 10.9 Å². The molecule has 0 spiro atoms. The maximum Gasteiger partial charge on any atom is 0.417 e. The molecule has 2 aromatic heterocycles. The van der Waals surface area contributed by atoms with Crippen molar-refractivity contribution in [3.8, 4) is 0 Å². The van der Waals surface area contributed by atoms with E-state index >= 15 is 0 Å². The van der Waals surface area contributed by atoms with Gasteiger partial charge in [-0.05, 0) is 36.1 Å². The van der Waals surface area contributed by atoms with Gasteiger partial charge in [-0.2, -0.15) is 13.2 Å². The molecule has 0 saturated carbocycles. The number of nitrogens with zero attached hydrogens (tertiary/aromatic N) is 3. The second kappa shape index (κ2) is 9.25. The van der Waals surface area contributed by atoms with E-state index in [0.717, 1.165) is 23.0 Å². The zero-order valence-corrected chi connectivity index (χ0v) is 21.4. The summed E-state index contributed by atoms with van der Waals surface area (Å²) < 4.78 is 38.5. The van der Waals surface area contributed by atoms with Gasteiger partial charge in [0.25, 0.3) is 5.91 Å². The topological polar surface area (TPSA) is 86.4 Å². The Labute approximate surface area is 218 Å². The minimum Gasteiger partial charge on any atom is -0.352 e. The fourth-order valence-corrected chi connectivity index (χ4v) is 5.50. The number of carbonyl (C=O) groups excluding carboxylic acids is 3. The average molecular weight is 527 g/mol. The third-order valence-corrected chi connectivity index (χ3v) is 7.66. The van der Waals surface area contributed by atoms with E-state index in [0.29, 0.717) is 24.9 Å². The highest BCUT2D eigenvalue weighted by Gasteiger charge is 2.50. The molecule has 1 aromatic carbocycles. The number of nitrogens with one attached hydrogen (secondary N) is 1. The molecule has 4 heterocycles. The van der Waals surface area contributed by atoms with Gasteiger partial charge in [-0.1, -0.05) is 39.0 Å². The Morgan fingerprint density at radius 1 is 1.03 bits per heavy atom. The molecule has 2 fully saturated rings. The number of hydrogen-bond acceptors (Lipinski definition) is 4. The number of hydrogen-bond donors (Lipinski definition) is 1. The van der Waals surface area contributed by atoms with Crippen molar-refractivity contribution in [1.29, 1.82) is 0 Å². The number of para-hydroxylation sites is 1. The van der Waals surface area contributed by atoms with Crippen molar-refractivity contribution >= 4 is 28.5 Å². The second-order valence-electron chi connectivity index (χ2n) is 11.2. The Hall–Kier alpha value is -3.69. The van der Waals surface area contributed by atoms with E-state index < -0.39 is 29.0 Å². The number of alkyl halides is 3. The van der Waals surface area contributed by atoms with Crippen LogP contribution in [-0.4, -0.2) is 62.5 Å². The smallest absolute Gasteiger partial charge is 0.352 e. The first-order valence-electron chi connectivity index (χ1n) is 12.6.